The van der Waals surface area contributed by atoms with E-state index in [0.29, 0.717) is 39.3 Å². The van der Waals surface area contributed by atoms with Crippen LogP contribution in [0.15, 0.2) is 125 Å². The Morgan fingerprint density at radius 2 is 1.50 bits per heavy atom. The van der Waals surface area contributed by atoms with Crippen molar-refractivity contribution in [3.8, 4) is 11.5 Å². The van der Waals surface area contributed by atoms with Gasteiger partial charge in [-0.3, -0.25) is 4.79 Å². The van der Waals surface area contributed by atoms with Crippen molar-refractivity contribution >= 4 is 38.8 Å². The molecule has 2 N–H and O–H groups in total. The van der Waals surface area contributed by atoms with E-state index in [1.54, 1.807) is 67.8 Å². The van der Waals surface area contributed by atoms with Gasteiger partial charge in [0.1, 0.15) is 6.61 Å². The number of carbonyl (C=O) groups excluding carboxylic acids is 1. The molecule has 0 radical (unpaired) electrons. The van der Waals surface area contributed by atoms with Crippen molar-refractivity contribution in [2.45, 2.75) is 12.2 Å². The predicted molar refractivity (Wildman–Crippen MR) is 161 cm³/mol. The molecule has 0 aliphatic carbocycles. The lowest BCUT2D eigenvalue weighted by molar-refractivity contribution is -0.136. The zero-order valence-corrected chi connectivity index (χ0v) is 23.3. The van der Waals surface area contributed by atoms with Crippen LogP contribution in [0.2, 0.25) is 0 Å². The maximum absolute atomic E-state index is 13.3. The summed E-state index contributed by atoms with van der Waals surface area (Å²) in [7, 11) is 1.57. The van der Waals surface area contributed by atoms with Crippen LogP contribution < -0.4 is 14.9 Å². The van der Waals surface area contributed by atoms with Crippen LogP contribution in [0.3, 0.4) is 0 Å². The highest BCUT2D eigenvalue weighted by Gasteiger charge is 2.39. The first-order chi connectivity index (χ1) is 19.5. The third-order valence-electron chi connectivity index (χ3n) is 6.63. The highest BCUT2D eigenvalue weighted by atomic mass is 79.9. The molecule has 0 spiro atoms. The van der Waals surface area contributed by atoms with Crippen molar-refractivity contribution in [3.05, 3.63) is 142 Å². The van der Waals surface area contributed by atoms with Crippen LogP contribution in [0.1, 0.15) is 22.3 Å². The van der Waals surface area contributed by atoms with Crippen molar-refractivity contribution in [1.82, 2.24) is 5.43 Å². The van der Waals surface area contributed by atoms with E-state index in [-0.39, 0.29) is 0 Å². The summed E-state index contributed by atoms with van der Waals surface area (Å²) in [5.74, 6) is 0.395. The maximum atomic E-state index is 13.3. The molecule has 0 unspecified atom stereocenters. The molecule has 5 rings (SSSR count). The summed E-state index contributed by atoms with van der Waals surface area (Å²) in [5.41, 5.74) is 3.16. The van der Waals surface area contributed by atoms with E-state index in [1.165, 1.54) is 6.21 Å². The van der Waals surface area contributed by atoms with Gasteiger partial charge in [-0.15, -0.1) is 0 Å². The van der Waals surface area contributed by atoms with Gasteiger partial charge in [0.05, 0.1) is 13.3 Å². The van der Waals surface area contributed by atoms with Gasteiger partial charge >= 0.3 is 0 Å². The Hall–Kier alpha value is -4.46. The number of amides is 1. The molecule has 0 bridgehead atoms. The third-order valence-corrected chi connectivity index (χ3v) is 7.31. The number of hydrazone groups is 1. The fourth-order valence-corrected chi connectivity index (χ4v) is 4.95. The highest BCUT2D eigenvalue weighted by Crippen LogP contribution is 2.34. The van der Waals surface area contributed by atoms with Crippen LogP contribution in [0, 0.1) is 0 Å². The molecule has 5 aromatic rings. The van der Waals surface area contributed by atoms with Gasteiger partial charge < -0.3 is 14.6 Å². The summed E-state index contributed by atoms with van der Waals surface area (Å²) in [5, 5.41) is 18.0. The number of halogens is 1. The van der Waals surface area contributed by atoms with E-state index in [2.05, 4.69) is 44.7 Å². The lowest BCUT2D eigenvalue weighted by atomic mass is 9.85. The third kappa shape index (κ3) is 5.61. The zero-order valence-electron chi connectivity index (χ0n) is 21.8. The molecule has 6 nitrogen and oxygen atoms in total. The summed E-state index contributed by atoms with van der Waals surface area (Å²) >= 11 is 3.57. The number of nitrogens with one attached hydrogen (secondary N) is 1. The minimum atomic E-state index is -1.92. The largest absolute Gasteiger partial charge is 0.493 e. The number of hydrogen-bond acceptors (Lipinski definition) is 5. The van der Waals surface area contributed by atoms with Gasteiger partial charge in [0.15, 0.2) is 17.1 Å². The molecule has 200 valence electrons. The molecule has 40 heavy (non-hydrogen) atoms. The normalized spacial score (nSPS) is 11.5. The van der Waals surface area contributed by atoms with Gasteiger partial charge in [-0.1, -0.05) is 103 Å². The molecule has 0 aliphatic rings. The standard InChI is InChI=1S/C33H27BrN2O4/c1-39-30-19-25(29(34)20-31(30)40-22-24-13-10-12-23-11-8-9-18-28(23)24)21-35-36-32(37)33(38,26-14-4-2-5-15-26)27-16-6-3-7-17-27/h2-21,38H,22H2,1H3,(H,36,37)/b35-21-. The summed E-state index contributed by atoms with van der Waals surface area (Å²) in [6.45, 7) is 0.366. The second-order valence-electron chi connectivity index (χ2n) is 9.09. The summed E-state index contributed by atoms with van der Waals surface area (Å²) in [6.07, 6.45) is 1.48. The zero-order chi connectivity index (χ0) is 28.0. The number of rotatable bonds is 9. The average Bonchev–Trinajstić information content (AvgIpc) is 3.01. The molecule has 0 aliphatic heterocycles. The van der Waals surface area contributed by atoms with Crippen molar-refractivity contribution in [3.63, 3.8) is 0 Å². The Morgan fingerprint density at radius 3 is 2.17 bits per heavy atom. The van der Waals surface area contributed by atoms with Gasteiger partial charge in [0.25, 0.3) is 5.91 Å². The predicted octanol–water partition coefficient (Wildman–Crippen LogP) is 6.58. The van der Waals surface area contributed by atoms with Crippen molar-refractivity contribution in [2.24, 2.45) is 5.10 Å². The van der Waals surface area contributed by atoms with Crippen LogP contribution >= 0.6 is 15.9 Å². The van der Waals surface area contributed by atoms with Gasteiger partial charge in [-0.25, -0.2) is 5.43 Å². The van der Waals surface area contributed by atoms with Crippen LogP contribution in [0.5, 0.6) is 11.5 Å². The Kier molecular flexibility index (Phi) is 8.24. The van der Waals surface area contributed by atoms with Crippen LogP contribution in [0.25, 0.3) is 10.8 Å². The number of nitrogens with zero attached hydrogens (tertiary/aromatic N) is 1. The molecule has 5 aromatic carbocycles. The number of hydrogen-bond donors (Lipinski definition) is 2. The molecule has 0 saturated carbocycles. The minimum Gasteiger partial charge on any atom is -0.493 e. The molecule has 0 atom stereocenters. The van der Waals surface area contributed by atoms with Crippen molar-refractivity contribution < 1.29 is 19.4 Å². The first-order valence-electron chi connectivity index (χ1n) is 12.6. The maximum Gasteiger partial charge on any atom is 0.281 e. The number of carbonyl (C=O) groups is 1. The van der Waals surface area contributed by atoms with E-state index < -0.39 is 11.5 Å². The molecular formula is C33H27BrN2O4. The monoisotopic (exact) mass is 594 g/mol. The second-order valence-corrected chi connectivity index (χ2v) is 9.95. The molecule has 0 heterocycles. The number of aliphatic hydroxyl groups is 1. The van der Waals surface area contributed by atoms with Crippen molar-refractivity contribution in [2.75, 3.05) is 7.11 Å². The number of fused-ring (bicyclic) bond motifs is 1. The number of ether oxygens (including phenoxy) is 2. The lowest BCUT2D eigenvalue weighted by Gasteiger charge is -2.27. The van der Waals surface area contributed by atoms with Gasteiger partial charge in [-0.05, 0) is 55.5 Å². The summed E-state index contributed by atoms with van der Waals surface area (Å²) in [6, 6.07) is 35.4. The van der Waals surface area contributed by atoms with E-state index in [9.17, 15) is 9.90 Å². The Balaban J connectivity index is 1.34. The number of methoxy groups -OCH3 is 1. The van der Waals surface area contributed by atoms with Gasteiger partial charge in [0, 0.05) is 10.0 Å². The van der Waals surface area contributed by atoms with Crippen LogP contribution in [-0.2, 0) is 17.0 Å². The second kappa shape index (κ2) is 12.2. The smallest absolute Gasteiger partial charge is 0.281 e. The molecule has 0 aromatic heterocycles. The SMILES string of the molecule is COc1cc(/C=N\NC(=O)C(O)(c2ccccc2)c2ccccc2)c(Br)cc1OCc1cccc2ccccc12. The Labute approximate surface area is 241 Å². The van der Waals surface area contributed by atoms with E-state index >= 15 is 0 Å². The van der Waals surface area contributed by atoms with Gasteiger partial charge in [0.2, 0.25) is 0 Å². The number of benzene rings is 5. The summed E-state index contributed by atoms with van der Waals surface area (Å²) < 4.78 is 12.4. The fourth-order valence-electron chi connectivity index (χ4n) is 4.52. The van der Waals surface area contributed by atoms with Crippen LogP contribution in [0.4, 0.5) is 0 Å². The topological polar surface area (TPSA) is 80.2 Å². The average molecular weight is 595 g/mol. The van der Waals surface area contributed by atoms with E-state index in [1.807, 2.05) is 36.4 Å². The molecule has 7 heteroatoms. The fraction of sp³-hybridized carbons (Fsp3) is 0.0909. The van der Waals surface area contributed by atoms with E-state index in [0.717, 1.165) is 16.3 Å². The first kappa shape index (κ1) is 27.1. The van der Waals surface area contributed by atoms with Crippen LogP contribution in [-0.4, -0.2) is 24.3 Å². The molecular weight excluding hydrogens is 568 g/mol. The van der Waals surface area contributed by atoms with Crippen molar-refractivity contribution in [1.29, 1.82) is 0 Å². The first-order valence-corrected chi connectivity index (χ1v) is 13.4. The Morgan fingerprint density at radius 1 is 0.875 bits per heavy atom. The Bertz CT molecular complexity index is 1610. The minimum absolute atomic E-state index is 0.366. The van der Waals surface area contributed by atoms with E-state index in [4.69, 9.17) is 9.47 Å². The lowest BCUT2D eigenvalue weighted by Crippen LogP contribution is -2.43. The molecule has 1 amide bonds. The molecule has 0 saturated heterocycles. The molecule has 0 fully saturated rings. The quantitative estimate of drug-likeness (QED) is 0.149. The van der Waals surface area contributed by atoms with Gasteiger partial charge in [-0.2, -0.15) is 5.10 Å². The highest BCUT2D eigenvalue weighted by molar-refractivity contribution is 9.10. The summed E-state index contributed by atoms with van der Waals surface area (Å²) in [4.78, 5) is 13.3.